The zero-order valence-electron chi connectivity index (χ0n) is 21.7. The summed E-state index contributed by atoms with van der Waals surface area (Å²) in [5, 5.41) is 26.9. The zero-order valence-corrected chi connectivity index (χ0v) is 22.5. The van der Waals surface area contributed by atoms with Gasteiger partial charge in [0, 0.05) is 63.7 Å². The number of nitrogens with one attached hydrogen (secondary N) is 3. The molecule has 0 spiro atoms. The van der Waals surface area contributed by atoms with Gasteiger partial charge in [0.05, 0.1) is 41.7 Å². The van der Waals surface area contributed by atoms with E-state index in [0.717, 1.165) is 0 Å². The van der Waals surface area contributed by atoms with E-state index in [2.05, 4.69) is 16.0 Å². The third-order valence-electron chi connectivity index (χ3n) is 6.37. The van der Waals surface area contributed by atoms with Gasteiger partial charge in [-0.1, -0.05) is 17.7 Å². The number of hydrogen-bond acceptors (Lipinski definition) is 7. The minimum absolute atomic E-state index is 0.0751. The van der Waals surface area contributed by atoms with Crippen molar-refractivity contribution in [3.63, 3.8) is 0 Å². The van der Waals surface area contributed by atoms with E-state index in [1.54, 1.807) is 29.2 Å². The van der Waals surface area contributed by atoms with E-state index >= 15 is 4.39 Å². The Kier molecular flexibility index (Phi) is 11.5. The van der Waals surface area contributed by atoms with E-state index < -0.39 is 30.5 Å². The van der Waals surface area contributed by atoms with Crippen LogP contribution in [0.1, 0.15) is 41.3 Å². The Hall–Kier alpha value is -3.42. The lowest BCUT2D eigenvalue weighted by Gasteiger charge is -2.37. The average Bonchev–Trinajstić information content (AvgIpc) is 2.92. The van der Waals surface area contributed by atoms with Crippen LogP contribution >= 0.6 is 11.6 Å². The SMILES string of the molecule is N#CCCNC(NCCC#N)c1ccc(C(=O)Nc2ccc(Cl)cc2N2CCN(CCC(F)(F)F)CC2)c(F)c1. The maximum Gasteiger partial charge on any atom is 0.390 e. The summed E-state index contributed by atoms with van der Waals surface area (Å²) < 4.78 is 52.9. The van der Waals surface area contributed by atoms with Gasteiger partial charge < -0.3 is 10.2 Å². The minimum atomic E-state index is -4.21. The van der Waals surface area contributed by atoms with Crippen molar-refractivity contribution < 1.29 is 22.4 Å². The molecule has 40 heavy (non-hydrogen) atoms. The van der Waals surface area contributed by atoms with Crippen LogP contribution in [0, 0.1) is 28.5 Å². The van der Waals surface area contributed by atoms with E-state index in [4.69, 9.17) is 22.1 Å². The van der Waals surface area contributed by atoms with Crippen LogP contribution in [-0.4, -0.2) is 62.8 Å². The van der Waals surface area contributed by atoms with E-state index in [1.807, 2.05) is 17.0 Å². The molecule has 1 fully saturated rings. The van der Waals surface area contributed by atoms with E-state index in [-0.39, 0.29) is 24.9 Å². The van der Waals surface area contributed by atoms with Crippen LogP contribution in [0.15, 0.2) is 36.4 Å². The summed E-state index contributed by atoms with van der Waals surface area (Å²) in [5.74, 6) is -1.43. The highest BCUT2D eigenvalue weighted by Gasteiger charge is 2.29. The topological polar surface area (TPSA) is 107 Å². The van der Waals surface area contributed by atoms with Gasteiger partial charge in [-0.25, -0.2) is 4.39 Å². The van der Waals surface area contributed by atoms with Gasteiger partial charge in [0.25, 0.3) is 5.91 Å². The molecule has 3 rings (SSSR count). The second-order valence-corrected chi connectivity index (χ2v) is 9.64. The number of nitrogens with zero attached hydrogens (tertiary/aromatic N) is 4. The fraction of sp³-hybridized carbons (Fsp3) is 0.444. The number of halogens is 5. The molecule has 0 aliphatic carbocycles. The summed E-state index contributed by atoms with van der Waals surface area (Å²) in [5.41, 5.74) is 1.31. The van der Waals surface area contributed by atoms with Crippen molar-refractivity contribution in [1.29, 1.82) is 10.5 Å². The first kappa shape index (κ1) is 31.1. The molecule has 2 aromatic carbocycles. The maximum absolute atomic E-state index is 15.1. The van der Waals surface area contributed by atoms with Crippen LogP contribution in [0.25, 0.3) is 0 Å². The third kappa shape index (κ3) is 9.35. The van der Waals surface area contributed by atoms with Crippen molar-refractivity contribution in [2.75, 3.05) is 56.0 Å². The smallest absolute Gasteiger partial charge is 0.367 e. The fourth-order valence-corrected chi connectivity index (χ4v) is 4.47. The molecule has 8 nitrogen and oxygen atoms in total. The zero-order chi connectivity index (χ0) is 29.1. The maximum atomic E-state index is 15.1. The van der Waals surface area contributed by atoms with E-state index in [0.29, 0.717) is 61.2 Å². The number of carbonyl (C=O) groups excluding carboxylic acids is 1. The van der Waals surface area contributed by atoms with Gasteiger partial charge in [-0.05, 0) is 35.9 Å². The van der Waals surface area contributed by atoms with E-state index in [1.165, 1.54) is 12.1 Å². The first-order valence-electron chi connectivity index (χ1n) is 12.8. The molecule has 1 aliphatic rings. The molecule has 0 saturated carbocycles. The molecule has 1 heterocycles. The van der Waals surface area contributed by atoms with Crippen LogP contribution in [0.3, 0.4) is 0 Å². The highest BCUT2D eigenvalue weighted by atomic mass is 35.5. The Labute approximate surface area is 235 Å². The molecular weight excluding hydrogens is 550 g/mol. The molecule has 0 aromatic heterocycles. The number of amides is 1. The van der Waals surface area contributed by atoms with Crippen LogP contribution in [0.5, 0.6) is 0 Å². The molecule has 2 aromatic rings. The molecule has 0 radical (unpaired) electrons. The van der Waals surface area contributed by atoms with E-state index in [9.17, 15) is 18.0 Å². The molecule has 1 saturated heterocycles. The van der Waals surface area contributed by atoms with Crippen molar-refractivity contribution in [2.45, 2.75) is 31.6 Å². The van der Waals surface area contributed by atoms with Gasteiger partial charge in [0.15, 0.2) is 0 Å². The standard InChI is InChI=1S/C27H30ClF4N7O/c28-20-4-6-23(24(18-20)39-15-13-38(14-16-39)12-7-27(30,31)32)37-26(40)21-5-3-19(17-22(21)29)25(35-10-1-8-33)36-11-2-9-34/h3-6,17-18,25,35-36H,1-2,7,10-16H2,(H,37,40). The van der Waals surface area contributed by atoms with Gasteiger partial charge in [-0.15, -0.1) is 0 Å². The summed E-state index contributed by atoms with van der Waals surface area (Å²) in [6.45, 7) is 2.32. The average molecular weight is 580 g/mol. The number of anilines is 2. The van der Waals surface area contributed by atoms with Crippen molar-refractivity contribution >= 4 is 28.9 Å². The van der Waals surface area contributed by atoms with Gasteiger partial charge in [0.1, 0.15) is 5.82 Å². The largest absolute Gasteiger partial charge is 0.390 e. The molecular formula is C27H30ClF4N7O. The summed E-state index contributed by atoms with van der Waals surface area (Å²) in [4.78, 5) is 16.7. The molecule has 1 aliphatic heterocycles. The molecule has 1 amide bonds. The van der Waals surface area contributed by atoms with Crippen LogP contribution in [0.4, 0.5) is 28.9 Å². The second kappa shape index (κ2) is 14.8. The molecule has 0 bridgehead atoms. The van der Waals surface area contributed by atoms with Crippen molar-refractivity contribution in [3.8, 4) is 12.1 Å². The number of benzene rings is 2. The first-order chi connectivity index (χ1) is 19.1. The third-order valence-corrected chi connectivity index (χ3v) is 6.61. The van der Waals surface area contributed by atoms with Crippen molar-refractivity contribution in [2.24, 2.45) is 0 Å². The van der Waals surface area contributed by atoms with Crippen molar-refractivity contribution in [3.05, 3.63) is 58.4 Å². The first-order valence-corrected chi connectivity index (χ1v) is 13.1. The lowest BCUT2D eigenvalue weighted by molar-refractivity contribution is -0.138. The lowest BCUT2D eigenvalue weighted by Crippen LogP contribution is -2.47. The number of hydrogen-bond donors (Lipinski definition) is 3. The molecule has 3 N–H and O–H groups in total. The highest BCUT2D eigenvalue weighted by Crippen LogP contribution is 2.31. The normalized spacial score (nSPS) is 14.2. The number of carbonyl (C=O) groups is 1. The number of alkyl halides is 3. The number of nitriles is 2. The second-order valence-electron chi connectivity index (χ2n) is 9.21. The predicted molar refractivity (Wildman–Crippen MR) is 144 cm³/mol. The van der Waals surface area contributed by atoms with Crippen molar-refractivity contribution in [1.82, 2.24) is 15.5 Å². The van der Waals surface area contributed by atoms with Gasteiger partial charge in [0.2, 0.25) is 0 Å². The lowest BCUT2D eigenvalue weighted by atomic mass is 10.1. The van der Waals surface area contributed by atoms with Gasteiger partial charge >= 0.3 is 6.18 Å². The predicted octanol–water partition coefficient (Wildman–Crippen LogP) is 4.81. The van der Waals surface area contributed by atoms with Crippen LogP contribution in [0.2, 0.25) is 5.02 Å². The Morgan fingerprint density at radius 2 is 1.65 bits per heavy atom. The fourth-order valence-electron chi connectivity index (χ4n) is 4.31. The van der Waals surface area contributed by atoms with Gasteiger partial charge in [-0.2, -0.15) is 23.7 Å². The number of piperazine rings is 1. The Balaban J connectivity index is 1.71. The molecule has 0 atom stereocenters. The quantitative estimate of drug-likeness (QED) is 0.188. The Morgan fingerprint density at radius 1 is 1.00 bits per heavy atom. The summed E-state index contributed by atoms with van der Waals surface area (Å²) in [7, 11) is 0. The minimum Gasteiger partial charge on any atom is -0.367 e. The summed E-state index contributed by atoms with van der Waals surface area (Å²) in [6.07, 6.45) is -5.12. The summed E-state index contributed by atoms with van der Waals surface area (Å²) >= 11 is 6.20. The molecule has 13 heteroatoms. The molecule has 214 valence electrons. The molecule has 0 unspecified atom stereocenters. The van der Waals surface area contributed by atoms with Gasteiger partial charge in [-0.3, -0.25) is 20.3 Å². The Bertz CT molecular complexity index is 1220. The summed E-state index contributed by atoms with van der Waals surface area (Å²) in [6, 6.07) is 13.1. The van der Waals surface area contributed by atoms with Crippen LogP contribution < -0.4 is 20.9 Å². The van der Waals surface area contributed by atoms with Crippen LogP contribution in [-0.2, 0) is 0 Å². The highest BCUT2D eigenvalue weighted by molar-refractivity contribution is 6.31. The monoisotopic (exact) mass is 579 g/mol. The Morgan fingerprint density at radius 3 is 2.23 bits per heavy atom. The number of rotatable bonds is 12.